The fourth-order valence-corrected chi connectivity index (χ4v) is 1.18. The molecule has 0 aromatic heterocycles. The van der Waals surface area contributed by atoms with Gasteiger partial charge in [0.2, 0.25) is 5.91 Å². The molecule has 1 amide bonds. The molecule has 0 aromatic carbocycles. The average molecular weight is 173 g/mol. The topological polar surface area (TPSA) is 49.8 Å². The number of amides is 1. The first-order valence-corrected chi connectivity index (χ1v) is 4.10. The lowest BCUT2D eigenvalue weighted by atomic mass is 9.85. The van der Waals surface area contributed by atoms with E-state index in [-0.39, 0.29) is 12.5 Å². The van der Waals surface area contributed by atoms with E-state index in [9.17, 15) is 4.79 Å². The van der Waals surface area contributed by atoms with Gasteiger partial charge in [0.1, 0.15) is 5.41 Å². The number of nitrogens with zero attached hydrogens (tertiary/aromatic N) is 1. The monoisotopic (exact) mass is 173 g/mol. The summed E-state index contributed by atoms with van der Waals surface area (Å²) in [6.45, 7) is 3.17. The first-order valence-electron chi connectivity index (χ1n) is 4.10. The zero-order chi connectivity index (χ0) is 9.19. The molecule has 0 atom stereocenters. The van der Waals surface area contributed by atoms with Crippen LogP contribution >= 0.6 is 0 Å². The van der Waals surface area contributed by atoms with Gasteiger partial charge in [0, 0.05) is 13.6 Å². The van der Waals surface area contributed by atoms with Crippen molar-refractivity contribution in [3.05, 3.63) is 0 Å². The van der Waals surface area contributed by atoms with Crippen LogP contribution in [0.5, 0.6) is 0 Å². The van der Waals surface area contributed by atoms with E-state index in [2.05, 4.69) is 0 Å². The summed E-state index contributed by atoms with van der Waals surface area (Å²) in [7, 11) is 1.73. The van der Waals surface area contributed by atoms with Crippen molar-refractivity contribution in [2.75, 3.05) is 33.4 Å². The Morgan fingerprint density at radius 1 is 1.67 bits per heavy atom. The van der Waals surface area contributed by atoms with Crippen molar-refractivity contribution in [2.45, 2.75) is 6.92 Å². The quantitative estimate of drug-likeness (QED) is 0.624. The first-order chi connectivity index (χ1) is 5.66. The standard InChI is InChI=1S/C8H15NO3/c1-3-9(2)7(11)8(4-10)5-12-6-8/h10H,3-6H2,1-2H3. The molecule has 0 aliphatic carbocycles. The lowest BCUT2D eigenvalue weighted by Crippen LogP contribution is -2.56. The molecule has 0 bridgehead atoms. The third kappa shape index (κ3) is 1.32. The van der Waals surface area contributed by atoms with E-state index >= 15 is 0 Å². The normalized spacial score (nSPS) is 19.9. The Balaban J connectivity index is 2.60. The molecule has 1 rings (SSSR count). The minimum Gasteiger partial charge on any atom is -0.395 e. The van der Waals surface area contributed by atoms with E-state index in [1.54, 1.807) is 11.9 Å². The highest BCUT2D eigenvalue weighted by molar-refractivity contribution is 5.83. The highest BCUT2D eigenvalue weighted by Gasteiger charge is 2.46. The van der Waals surface area contributed by atoms with Gasteiger partial charge in [0.05, 0.1) is 19.8 Å². The van der Waals surface area contributed by atoms with Crippen LogP contribution in [-0.2, 0) is 9.53 Å². The summed E-state index contributed by atoms with van der Waals surface area (Å²) in [5.74, 6) is -0.0150. The lowest BCUT2D eigenvalue weighted by Gasteiger charge is -2.40. The molecule has 1 saturated heterocycles. The average Bonchev–Trinajstić information content (AvgIpc) is 2.02. The van der Waals surface area contributed by atoms with E-state index in [1.807, 2.05) is 6.92 Å². The molecule has 0 radical (unpaired) electrons. The third-order valence-electron chi connectivity index (χ3n) is 2.33. The molecule has 0 spiro atoms. The Labute approximate surface area is 72.1 Å². The SMILES string of the molecule is CCN(C)C(=O)C1(CO)COC1. The third-order valence-corrected chi connectivity index (χ3v) is 2.33. The summed E-state index contributed by atoms with van der Waals surface area (Å²) in [6.07, 6.45) is 0. The molecule has 0 unspecified atom stereocenters. The summed E-state index contributed by atoms with van der Waals surface area (Å²) in [5.41, 5.74) is -0.634. The highest BCUT2D eigenvalue weighted by Crippen LogP contribution is 2.28. The van der Waals surface area contributed by atoms with E-state index in [0.29, 0.717) is 19.8 Å². The van der Waals surface area contributed by atoms with Crippen molar-refractivity contribution in [1.29, 1.82) is 0 Å². The van der Waals surface area contributed by atoms with E-state index < -0.39 is 5.41 Å². The van der Waals surface area contributed by atoms with Gasteiger partial charge in [0.25, 0.3) is 0 Å². The van der Waals surface area contributed by atoms with Gasteiger partial charge in [-0.1, -0.05) is 0 Å². The van der Waals surface area contributed by atoms with Gasteiger partial charge in [-0.25, -0.2) is 0 Å². The lowest BCUT2D eigenvalue weighted by molar-refractivity contribution is -0.179. The van der Waals surface area contributed by atoms with E-state index in [1.165, 1.54) is 0 Å². The second kappa shape index (κ2) is 3.41. The molecule has 12 heavy (non-hydrogen) atoms. The van der Waals surface area contributed by atoms with Gasteiger partial charge >= 0.3 is 0 Å². The molecule has 1 aliphatic rings. The molecule has 70 valence electrons. The number of aliphatic hydroxyl groups is 1. The molecular formula is C8H15NO3. The van der Waals surface area contributed by atoms with Crippen LogP contribution in [0.2, 0.25) is 0 Å². The zero-order valence-corrected chi connectivity index (χ0v) is 7.54. The maximum Gasteiger partial charge on any atom is 0.235 e. The van der Waals surface area contributed by atoms with Gasteiger partial charge < -0.3 is 14.7 Å². The van der Waals surface area contributed by atoms with Crippen molar-refractivity contribution < 1.29 is 14.6 Å². The minimum absolute atomic E-state index is 0.0150. The Morgan fingerprint density at radius 2 is 2.25 bits per heavy atom. The number of hydrogen-bond donors (Lipinski definition) is 1. The zero-order valence-electron chi connectivity index (χ0n) is 7.54. The fourth-order valence-electron chi connectivity index (χ4n) is 1.18. The minimum atomic E-state index is -0.634. The van der Waals surface area contributed by atoms with Gasteiger partial charge in [-0.05, 0) is 6.92 Å². The summed E-state index contributed by atoms with van der Waals surface area (Å²) in [6, 6.07) is 0. The van der Waals surface area contributed by atoms with E-state index in [4.69, 9.17) is 9.84 Å². The Kier molecular flexibility index (Phi) is 2.69. The highest BCUT2D eigenvalue weighted by atomic mass is 16.5. The van der Waals surface area contributed by atoms with Crippen LogP contribution in [0.1, 0.15) is 6.92 Å². The number of rotatable bonds is 3. The number of aliphatic hydroxyl groups excluding tert-OH is 1. The number of carbonyl (C=O) groups excluding carboxylic acids is 1. The largest absolute Gasteiger partial charge is 0.395 e. The van der Waals surface area contributed by atoms with Crippen molar-refractivity contribution in [3.8, 4) is 0 Å². The molecule has 0 aromatic rings. The van der Waals surface area contributed by atoms with E-state index in [0.717, 1.165) is 0 Å². The number of ether oxygens (including phenoxy) is 1. The molecule has 1 aliphatic heterocycles. The number of carbonyl (C=O) groups is 1. The van der Waals surface area contributed by atoms with Crippen molar-refractivity contribution in [3.63, 3.8) is 0 Å². The fraction of sp³-hybridized carbons (Fsp3) is 0.875. The smallest absolute Gasteiger partial charge is 0.235 e. The molecule has 1 fully saturated rings. The Bertz CT molecular complexity index is 172. The maximum absolute atomic E-state index is 11.6. The summed E-state index contributed by atoms with van der Waals surface area (Å²) >= 11 is 0. The second-order valence-electron chi connectivity index (χ2n) is 3.25. The van der Waals surface area contributed by atoms with Crippen LogP contribution in [0.4, 0.5) is 0 Å². The van der Waals surface area contributed by atoms with Crippen LogP contribution in [0, 0.1) is 5.41 Å². The first kappa shape index (κ1) is 9.48. The van der Waals surface area contributed by atoms with Gasteiger partial charge in [0.15, 0.2) is 0 Å². The van der Waals surface area contributed by atoms with Gasteiger partial charge in [-0.3, -0.25) is 4.79 Å². The van der Waals surface area contributed by atoms with Gasteiger partial charge in [-0.15, -0.1) is 0 Å². The predicted octanol–water partition coefficient (Wildman–Crippen LogP) is -0.526. The Hall–Kier alpha value is -0.610. The predicted molar refractivity (Wildman–Crippen MR) is 43.6 cm³/mol. The van der Waals surface area contributed by atoms with Gasteiger partial charge in [-0.2, -0.15) is 0 Å². The van der Waals surface area contributed by atoms with Crippen molar-refractivity contribution >= 4 is 5.91 Å². The van der Waals surface area contributed by atoms with Crippen LogP contribution in [0.15, 0.2) is 0 Å². The van der Waals surface area contributed by atoms with Crippen LogP contribution < -0.4 is 0 Å². The second-order valence-corrected chi connectivity index (χ2v) is 3.25. The molecule has 1 heterocycles. The summed E-state index contributed by atoms with van der Waals surface area (Å²) in [5, 5.41) is 9.02. The van der Waals surface area contributed by atoms with Crippen LogP contribution in [0.25, 0.3) is 0 Å². The van der Waals surface area contributed by atoms with Crippen molar-refractivity contribution in [1.82, 2.24) is 4.90 Å². The van der Waals surface area contributed by atoms with Crippen LogP contribution in [0.3, 0.4) is 0 Å². The van der Waals surface area contributed by atoms with Crippen molar-refractivity contribution in [2.24, 2.45) is 5.41 Å². The maximum atomic E-state index is 11.6. The molecule has 4 nitrogen and oxygen atoms in total. The summed E-state index contributed by atoms with van der Waals surface area (Å²) < 4.78 is 4.94. The number of hydrogen-bond acceptors (Lipinski definition) is 3. The molecular weight excluding hydrogens is 158 g/mol. The summed E-state index contributed by atoms with van der Waals surface area (Å²) in [4.78, 5) is 13.2. The molecule has 1 N–H and O–H groups in total. The molecule has 0 saturated carbocycles. The molecule has 4 heteroatoms. The Morgan fingerprint density at radius 3 is 2.50 bits per heavy atom. The van der Waals surface area contributed by atoms with Crippen LogP contribution in [-0.4, -0.2) is 49.3 Å².